The van der Waals surface area contributed by atoms with E-state index in [0.717, 1.165) is 31.1 Å². The predicted molar refractivity (Wildman–Crippen MR) is 158 cm³/mol. The number of aryl methyl sites for hydroxylation is 1. The summed E-state index contributed by atoms with van der Waals surface area (Å²) in [5.74, 6) is -0.706. The SMILES string of the molecule is CC(=O)Nc1ccc(S(=O)(=O)c2cccc(NC(=O)c3ccccc3SC(=O)CCCC[n+]3ccccc3)c2)cc1. The Kier molecular flexibility index (Phi) is 10.0. The molecule has 0 saturated carbocycles. The number of thioether (sulfide) groups is 1. The Bertz CT molecular complexity index is 1640. The molecule has 0 bridgehead atoms. The second kappa shape index (κ2) is 13.9. The number of benzene rings is 3. The second-order valence-electron chi connectivity index (χ2n) is 9.23. The number of hydrogen-bond donors (Lipinski definition) is 2. The molecule has 0 aliphatic heterocycles. The molecule has 210 valence electrons. The fraction of sp³-hybridized carbons (Fsp3) is 0.161. The first-order valence-electron chi connectivity index (χ1n) is 13.0. The molecule has 0 fully saturated rings. The summed E-state index contributed by atoms with van der Waals surface area (Å²) in [6, 6.07) is 24.6. The molecular formula is C31H30N3O5S2+. The third-order valence-electron chi connectivity index (χ3n) is 6.07. The zero-order valence-electron chi connectivity index (χ0n) is 22.4. The van der Waals surface area contributed by atoms with Gasteiger partial charge in [-0.2, -0.15) is 0 Å². The molecule has 8 nitrogen and oxygen atoms in total. The molecular weight excluding hydrogens is 558 g/mol. The van der Waals surface area contributed by atoms with Crippen molar-refractivity contribution in [2.45, 2.75) is 47.4 Å². The normalized spacial score (nSPS) is 11.0. The number of pyridine rings is 1. The zero-order chi connectivity index (χ0) is 29.2. The Morgan fingerprint density at radius 2 is 1.49 bits per heavy atom. The molecule has 10 heteroatoms. The largest absolute Gasteiger partial charge is 0.326 e. The number of carbonyl (C=O) groups excluding carboxylic acids is 3. The van der Waals surface area contributed by atoms with Crippen molar-refractivity contribution in [1.82, 2.24) is 0 Å². The van der Waals surface area contributed by atoms with Gasteiger partial charge in [0.1, 0.15) is 6.54 Å². The van der Waals surface area contributed by atoms with Crippen molar-refractivity contribution in [2.24, 2.45) is 0 Å². The van der Waals surface area contributed by atoms with Crippen molar-refractivity contribution in [3.8, 4) is 0 Å². The van der Waals surface area contributed by atoms with Crippen LogP contribution in [0, 0.1) is 0 Å². The van der Waals surface area contributed by atoms with Crippen molar-refractivity contribution in [3.05, 3.63) is 109 Å². The summed E-state index contributed by atoms with van der Waals surface area (Å²) >= 11 is 1.04. The third kappa shape index (κ3) is 8.36. The van der Waals surface area contributed by atoms with Crippen LogP contribution in [-0.4, -0.2) is 25.3 Å². The number of aromatic nitrogens is 1. The molecule has 1 heterocycles. The number of carbonyl (C=O) groups is 3. The highest BCUT2D eigenvalue weighted by atomic mass is 32.2. The molecule has 0 radical (unpaired) electrons. The number of rotatable bonds is 11. The van der Waals surface area contributed by atoms with Gasteiger partial charge in [-0.25, -0.2) is 13.0 Å². The molecule has 4 aromatic rings. The Morgan fingerprint density at radius 1 is 0.756 bits per heavy atom. The van der Waals surface area contributed by atoms with Crippen molar-refractivity contribution < 1.29 is 27.4 Å². The topological polar surface area (TPSA) is 113 Å². The minimum atomic E-state index is -3.87. The lowest BCUT2D eigenvalue weighted by Crippen LogP contribution is -2.32. The fourth-order valence-corrected chi connectivity index (χ4v) is 6.28. The molecule has 2 amide bonds. The molecule has 0 atom stereocenters. The van der Waals surface area contributed by atoms with E-state index in [1.807, 2.05) is 30.6 Å². The van der Waals surface area contributed by atoms with Gasteiger partial charge in [0.2, 0.25) is 15.7 Å². The molecule has 41 heavy (non-hydrogen) atoms. The zero-order valence-corrected chi connectivity index (χ0v) is 24.1. The first kappa shape index (κ1) is 29.7. The first-order chi connectivity index (χ1) is 19.7. The lowest BCUT2D eigenvalue weighted by atomic mass is 10.2. The third-order valence-corrected chi connectivity index (χ3v) is 8.84. The summed E-state index contributed by atoms with van der Waals surface area (Å²) in [5, 5.41) is 5.33. The van der Waals surface area contributed by atoms with Gasteiger partial charge in [0.05, 0.1) is 15.4 Å². The van der Waals surface area contributed by atoms with Crippen LogP contribution in [0.25, 0.3) is 0 Å². The number of anilines is 2. The molecule has 2 N–H and O–H groups in total. The predicted octanol–water partition coefficient (Wildman–Crippen LogP) is 5.51. The van der Waals surface area contributed by atoms with E-state index in [4.69, 9.17) is 0 Å². The summed E-state index contributed by atoms with van der Waals surface area (Å²) in [6.45, 7) is 2.20. The van der Waals surface area contributed by atoms with Crippen molar-refractivity contribution in [2.75, 3.05) is 10.6 Å². The lowest BCUT2D eigenvalue weighted by molar-refractivity contribution is -0.697. The highest BCUT2D eigenvalue weighted by molar-refractivity contribution is 8.13. The average Bonchev–Trinajstić information content (AvgIpc) is 2.96. The Balaban J connectivity index is 1.39. The minimum absolute atomic E-state index is 0.00841. The summed E-state index contributed by atoms with van der Waals surface area (Å²) in [5.41, 5.74) is 1.11. The van der Waals surface area contributed by atoms with Crippen LogP contribution >= 0.6 is 11.8 Å². The van der Waals surface area contributed by atoms with Crippen LogP contribution in [0.5, 0.6) is 0 Å². The fourth-order valence-electron chi connectivity index (χ4n) is 4.06. The van der Waals surface area contributed by atoms with E-state index in [2.05, 4.69) is 15.2 Å². The van der Waals surface area contributed by atoms with E-state index in [1.165, 1.54) is 43.3 Å². The summed E-state index contributed by atoms with van der Waals surface area (Å²) in [7, 11) is -3.87. The molecule has 0 aliphatic carbocycles. The van der Waals surface area contributed by atoms with Gasteiger partial charge in [0, 0.05) is 48.2 Å². The quantitative estimate of drug-likeness (QED) is 0.136. The van der Waals surface area contributed by atoms with Crippen LogP contribution in [-0.2, 0) is 26.0 Å². The summed E-state index contributed by atoms with van der Waals surface area (Å²) in [6.07, 6.45) is 5.97. The van der Waals surface area contributed by atoms with E-state index in [-0.39, 0.29) is 20.8 Å². The number of hydrogen-bond acceptors (Lipinski definition) is 6. The number of unbranched alkanes of at least 4 members (excludes halogenated alkanes) is 1. The minimum Gasteiger partial charge on any atom is -0.326 e. The standard InChI is InChI=1S/C31H29N3O5S2/c1-23(35)32-24-15-17-26(18-16-24)41(38,39)27-11-9-10-25(22-27)33-31(37)28-12-3-4-13-29(28)40-30(36)14-5-8-21-34-19-6-2-7-20-34/h2-4,6-7,9-13,15-20,22H,5,8,14,21H2,1H3,(H-,32,33,35,37)/p+1. The molecule has 0 spiro atoms. The van der Waals surface area contributed by atoms with Gasteiger partial charge in [0.25, 0.3) is 5.91 Å². The van der Waals surface area contributed by atoms with Gasteiger partial charge in [-0.05, 0) is 61.0 Å². The Hall–Kier alpha value is -4.28. The lowest BCUT2D eigenvalue weighted by Gasteiger charge is -2.11. The van der Waals surface area contributed by atoms with Crippen LogP contribution in [0.1, 0.15) is 36.5 Å². The highest BCUT2D eigenvalue weighted by Gasteiger charge is 2.20. The molecule has 4 rings (SSSR count). The summed E-state index contributed by atoms with van der Waals surface area (Å²) < 4.78 is 28.5. The van der Waals surface area contributed by atoms with Gasteiger partial charge in [-0.3, -0.25) is 14.4 Å². The maximum absolute atomic E-state index is 13.2. The van der Waals surface area contributed by atoms with Gasteiger partial charge in [-0.15, -0.1) is 0 Å². The average molecular weight is 589 g/mol. The molecule has 0 unspecified atom stereocenters. The van der Waals surface area contributed by atoms with E-state index >= 15 is 0 Å². The number of nitrogens with zero attached hydrogens (tertiary/aromatic N) is 1. The highest BCUT2D eigenvalue weighted by Crippen LogP contribution is 2.28. The second-order valence-corrected chi connectivity index (χ2v) is 12.3. The molecule has 0 aliphatic rings. The van der Waals surface area contributed by atoms with E-state index in [0.29, 0.717) is 28.3 Å². The van der Waals surface area contributed by atoms with Gasteiger partial charge < -0.3 is 10.6 Å². The van der Waals surface area contributed by atoms with Crippen LogP contribution in [0.3, 0.4) is 0 Å². The van der Waals surface area contributed by atoms with Crippen molar-refractivity contribution >= 4 is 49.9 Å². The van der Waals surface area contributed by atoms with Crippen LogP contribution in [0.4, 0.5) is 11.4 Å². The van der Waals surface area contributed by atoms with Crippen LogP contribution in [0.2, 0.25) is 0 Å². The number of nitrogens with one attached hydrogen (secondary N) is 2. The van der Waals surface area contributed by atoms with Crippen molar-refractivity contribution in [3.63, 3.8) is 0 Å². The maximum atomic E-state index is 13.2. The molecule has 3 aromatic carbocycles. The van der Waals surface area contributed by atoms with E-state index < -0.39 is 15.7 Å². The molecule has 1 aromatic heterocycles. The van der Waals surface area contributed by atoms with E-state index in [9.17, 15) is 22.8 Å². The Labute approximate surface area is 243 Å². The molecule has 0 saturated heterocycles. The van der Waals surface area contributed by atoms with E-state index in [1.54, 1.807) is 36.4 Å². The van der Waals surface area contributed by atoms with Crippen LogP contribution < -0.4 is 15.2 Å². The number of amides is 2. The smallest absolute Gasteiger partial charge is 0.256 e. The maximum Gasteiger partial charge on any atom is 0.256 e. The van der Waals surface area contributed by atoms with Gasteiger partial charge in [0.15, 0.2) is 17.5 Å². The first-order valence-corrected chi connectivity index (χ1v) is 15.3. The van der Waals surface area contributed by atoms with Crippen molar-refractivity contribution in [1.29, 1.82) is 0 Å². The monoisotopic (exact) mass is 588 g/mol. The number of sulfone groups is 1. The summed E-state index contributed by atoms with van der Waals surface area (Å²) in [4.78, 5) is 37.7. The Morgan fingerprint density at radius 3 is 2.22 bits per heavy atom. The van der Waals surface area contributed by atoms with Gasteiger partial charge in [-0.1, -0.05) is 36.0 Å². The van der Waals surface area contributed by atoms with Crippen LogP contribution in [0.15, 0.2) is 118 Å². The van der Waals surface area contributed by atoms with Gasteiger partial charge >= 0.3 is 0 Å².